The van der Waals surface area contributed by atoms with Gasteiger partial charge in [-0.15, -0.1) is 0 Å². The number of rotatable bonds is 5. The van der Waals surface area contributed by atoms with Gasteiger partial charge in [0.25, 0.3) is 0 Å². The number of carbonyl (C=O) groups excluding carboxylic acids is 1. The van der Waals surface area contributed by atoms with Crippen molar-refractivity contribution in [2.24, 2.45) is 0 Å². The van der Waals surface area contributed by atoms with Gasteiger partial charge in [-0.3, -0.25) is 0 Å². The molecule has 2 amide bonds. The molecule has 0 aromatic heterocycles. The molecule has 0 saturated carbocycles. The number of aliphatic hydroxyl groups is 1. The van der Waals surface area contributed by atoms with Crippen molar-refractivity contribution in [3.8, 4) is 0 Å². The summed E-state index contributed by atoms with van der Waals surface area (Å²) < 4.78 is 25.8. The van der Waals surface area contributed by atoms with Crippen LogP contribution in [-0.2, 0) is 0 Å². The van der Waals surface area contributed by atoms with Crippen LogP contribution in [0.25, 0.3) is 0 Å². The van der Waals surface area contributed by atoms with E-state index in [1.54, 1.807) is 0 Å². The van der Waals surface area contributed by atoms with Crippen LogP contribution >= 0.6 is 0 Å². The second-order valence-corrected chi connectivity index (χ2v) is 3.90. The molecule has 0 spiro atoms. The van der Waals surface area contributed by atoms with Gasteiger partial charge in [-0.1, -0.05) is 13.3 Å². The van der Waals surface area contributed by atoms with E-state index in [1.807, 2.05) is 6.92 Å². The lowest BCUT2D eigenvalue weighted by Gasteiger charge is -2.12. The Bertz CT molecular complexity index is 413. The maximum atomic E-state index is 13.2. The molecule has 0 saturated heterocycles. The van der Waals surface area contributed by atoms with Gasteiger partial charge in [0.05, 0.1) is 11.8 Å². The highest BCUT2D eigenvalue weighted by atomic mass is 19.1. The Morgan fingerprint density at radius 3 is 2.78 bits per heavy atom. The summed E-state index contributed by atoms with van der Waals surface area (Å²) in [6, 6.07) is 2.22. The van der Waals surface area contributed by atoms with Gasteiger partial charge >= 0.3 is 6.03 Å². The minimum absolute atomic E-state index is 0.0858. The summed E-state index contributed by atoms with van der Waals surface area (Å²) in [6.45, 7) is 2.00. The maximum absolute atomic E-state index is 13.2. The standard InChI is InChI=1S/C12H16F2N2O2/c1-2-3-9(17)7-15-12(18)16-11-5-4-8(13)6-10(11)14/h4-6,9,17H,2-3,7H2,1H3,(H2,15,16,18). The van der Waals surface area contributed by atoms with Gasteiger partial charge < -0.3 is 15.7 Å². The van der Waals surface area contributed by atoms with Crippen LogP contribution < -0.4 is 10.6 Å². The Morgan fingerprint density at radius 2 is 2.17 bits per heavy atom. The number of nitrogens with one attached hydrogen (secondary N) is 2. The molecule has 0 aliphatic rings. The minimum Gasteiger partial charge on any atom is -0.391 e. The number of urea groups is 1. The van der Waals surface area contributed by atoms with Gasteiger partial charge in [-0.05, 0) is 18.6 Å². The van der Waals surface area contributed by atoms with Gasteiger partial charge in [0.2, 0.25) is 0 Å². The van der Waals surface area contributed by atoms with Crippen molar-refractivity contribution in [1.29, 1.82) is 0 Å². The summed E-state index contributed by atoms with van der Waals surface area (Å²) in [6.07, 6.45) is 0.751. The van der Waals surface area contributed by atoms with Crippen molar-refractivity contribution >= 4 is 11.7 Å². The summed E-state index contributed by atoms with van der Waals surface area (Å²) in [5.74, 6) is -1.56. The summed E-state index contributed by atoms with van der Waals surface area (Å²) in [5, 5.41) is 14.0. The highest BCUT2D eigenvalue weighted by Gasteiger charge is 2.09. The van der Waals surface area contributed by atoms with E-state index in [9.17, 15) is 18.7 Å². The molecule has 1 atom stereocenters. The van der Waals surface area contributed by atoms with Gasteiger partial charge in [-0.25, -0.2) is 13.6 Å². The first-order chi connectivity index (χ1) is 8.52. The van der Waals surface area contributed by atoms with Crippen LogP contribution in [0.4, 0.5) is 19.3 Å². The molecule has 100 valence electrons. The first-order valence-corrected chi connectivity index (χ1v) is 5.71. The Morgan fingerprint density at radius 1 is 1.44 bits per heavy atom. The second kappa shape index (κ2) is 6.90. The molecule has 0 aliphatic carbocycles. The van der Waals surface area contributed by atoms with E-state index in [4.69, 9.17) is 0 Å². The number of carbonyl (C=O) groups is 1. The third-order valence-corrected chi connectivity index (χ3v) is 2.30. The Labute approximate surface area is 104 Å². The predicted octanol–water partition coefficient (Wildman–Crippen LogP) is 2.25. The lowest BCUT2D eigenvalue weighted by Crippen LogP contribution is -2.35. The van der Waals surface area contributed by atoms with Crippen LogP contribution in [0.1, 0.15) is 19.8 Å². The lowest BCUT2D eigenvalue weighted by molar-refractivity contribution is 0.162. The molecule has 0 aliphatic heterocycles. The zero-order chi connectivity index (χ0) is 13.5. The summed E-state index contributed by atoms with van der Waals surface area (Å²) in [4.78, 5) is 11.4. The Hall–Kier alpha value is -1.69. The van der Waals surface area contributed by atoms with Crippen molar-refractivity contribution in [2.75, 3.05) is 11.9 Å². The third-order valence-electron chi connectivity index (χ3n) is 2.30. The van der Waals surface area contributed by atoms with Crippen LogP contribution in [0, 0.1) is 11.6 Å². The van der Waals surface area contributed by atoms with E-state index in [0.29, 0.717) is 12.5 Å². The van der Waals surface area contributed by atoms with E-state index in [-0.39, 0.29) is 12.2 Å². The zero-order valence-corrected chi connectivity index (χ0v) is 10.0. The van der Waals surface area contributed by atoms with Crippen molar-refractivity contribution in [3.05, 3.63) is 29.8 Å². The number of hydrogen-bond donors (Lipinski definition) is 3. The molecular weight excluding hydrogens is 242 g/mol. The van der Waals surface area contributed by atoms with Crippen molar-refractivity contribution in [1.82, 2.24) is 5.32 Å². The summed E-state index contributed by atoms with van der Waals surface area (Å²) in [5.41, 5.74) is -0.112. The SMILES string of the molecule is CCCC(O)CNC(=O)Nc1ccc(F)cc1F. The quantitative estimate of drug-likeness (QED) is 0.758. The number of halogens is 2. The highest BCUT2D eigenvalue weighted by molar-refractivity contribution is 5.89. The smallest absolute Gasteiger partial charge is 0.319 e. The van der Waals surface area contributed by atoms with Gasteiger partial charge in [0.15, 0.2) is 0 Å². The number of aliphatic hydroxyl groups excluding tert-OH is 1. The van der Waals surface area contributed by atoms with Crippen LogP contribution in [0.3, 0.4) is 0 Å². The number of amides is 2. The van der Waals surface area contributed by atoms with E-state index in [2.05, 4.69) is 10.6 Å². The van der Waals surface area contributed by atoms with E-state index in [1.165, 1.54) is 0 Å². The largest absolute Gasteiger partial charge is 0.391 e. The molecule has 4 nitrogen and oxygen atoms in total. The van der Waals surface area contributed by atoms with Gasteiger partial charge in [0.1, 0.15) is 11.6 Å². The van der Waals surface area contributed by atoms with Gasteiger partial charge in [-0.2, -0.15) is 0 Å². The fraction of sp³-hybridized carbons (Fsp3) is 0.417. The van der Waals surface area contributed by atoms with Crippen molar-refractivity contribution in [3.63, 3.8) is 0 Å². The molecule has 1 aromatic carbocycles. The predicted molar refractivity (Wildman–Crippen MR) is 64.3 cm³/mol. The van der Waals surface area contributed by atoms with Gasteiger partial charge in [0, 0.05) is 12.6 Å². The molecule has 6 heteroatoms. The molecule has 0 fully saturated rings. The van der Waals surface area contributed by atoms with E-state index in [0.717, 1.165) is 18.6 Å². The summed E-state index contributed by atoms with van der Waals surface area (Å²) in [7, 11) is 0. The maximum Gasteiger partial charge on any atom is 0.319 e. The van der Waals surface area contributed by atoms with E-state index >= 15 is 0 Å². The molecule has 0 bridgehead atoms. The molecule has 3 N–H and O–H groups in total. The number of hydrogen-bond acceptors (Lipinski definition) is 2. The first kappa shape index (κ1) is 14.4. The zero-order valence-electron chi connectivity index (χ0n) is 10.0. The fourth-order valence-electron chi connectivity index (χ4n) is 1.40. The van der Waals surface area contributed by atoms with Crippen molar-refractivity contribution < 1.29 is 18.7 Å². The average molecular weight is 258 g/mol. The van der Waals surface area contributed by atoms with Crippen LogP contribution in [0.2, 0.25) is 0 Å². The Balaban J connectivity index is 2.44. The monoisotopic (exact) mass is 258 g/mol. The molecule has 18 heavy (non-hydrogen) atoms. The third kappa shape index (κ3) is 4.67. The first-order valence-electron chi connectivity index (χ1n) is 5.71. The molecular formula is C12H16F2N2O2. The molecule has 1 rings (SSSR count). The fourth-order valence-corrected chi connectivity index (χ4v) is 1.40. The average Bonchev–Trinajstić information content (AvgIpc) is 2.31. The topological polar surface area (TPSA) is 61.4 Å². The number of benzene rings is 1. The summed E-state index contributed by atoms with van der Waals surface area (Å²) >= 11 is 0. The normalized spacial score (nSPS) is 12.0. The number of anilines is 1. The minimum atomic E-state index is -0.848. The second-order valence-electron chi connectivity index (χ2n) is 3.90. The van der Waals surface area contributed by atoms with Crippen LogP contribution in [0.15, 0.2) is 18.2 Å². The Kier molecular flexibility index (Phi) is 5.51. The molecule has 1 aromatic rings. The molecule has 0 heterocycles. The van der Waals surface area contributed by atoms with E-state index < -0.39 is 23.8 Å². The highest BCUT2D eigenvalue weighted by Crippen LogP contribution is 2.14. The van der Waals surface area contributed by atoms with Crippen LogP contribution in [0.5, 0.6) is 0 Å². The van der Waals surface area contributed by atoms with Crippen LogP contribution in [-0.4, -0.2) is 23.8 Å². The molecule has 1 unspecified atom stereocenters. The lowest BCUT2D eigenvalue weighted by atomic mass is 10.2. The van der Waals surface area contributed by atoms with Crippen molar-refractivity contribution in [2.45, 2.75) is 25.9 Å². The molecule has 0 radical (unpaired) electrons.